The van der Waals surface area contributed by atoms with Gasteiger partial charge in [-0.2, -0.15) is 0 Å². The molecule has 130 valence electrons. The second-order valence-corrected chi connectivity index (χ2v) is 6.19. The second kappa shape index (κ2) is 7.44. The molecule has 3 rings (SSSR count). The number of carbonyl (C=O) groups excluding carboxylic acids is 3. The first-order valence-electron chi connectivity index (χ1n) is 8.40. The van der Waals surface area contributed by atoms with Crippen molar-refractivity contribution in [1.82, 2.24) is 10.4 Å². The summed E-state index contributed by atoms with van der Waals surface area (Å²) < 4.78 is 0. The number of carbonyl (C=O) groups is 3. The predicted molar refractivity (Wildman–Crippen MR) is 92.1 cm³/mol. The van der Waals surface area contributed by atoms with E-state index in [0.717, 1.165) is 16.3 Å². The number of unbranched alkanes of at least 4 members (excludes halogenated alkanes) is 2. The summed E-state index contributed by atoms with van der Waals surface area (Å²) in [6.07, 6.45) is 2.36. The maximum absolute atomic E-state index is 12.9. The molecule has 0 spiro atoms. The molecular weight excluding hydrogens is 320 g/mol. The van der Waals surface area contributed by atoms with Gasteiger partial charge < -0.3 is 0 Å². The lowest BCUT2D eigenvalue weighted by Crippen LogP contribution is -2.37. The molecule has 6 nitrogen and oxygen atoms in total. The molecule has 0 aromatic heterocycles. The minimum atomic E-state index is -0.427. The normalized spacial score (nSPS) is 13.9. The zero-order valence-electron chi connectivity index (χ0n) is 13.8. The summed E-state index contributed by atoms with van der Waals surface area (Å²) in [5.74, 6) is -0.875. The second-order valence-electron chi connectivity index (χ2n) is 6.19. The summed E-state index contributed by atoms with van der Waals surface area (Å²) >= 11 is 0. The number of imide groups is 1. The van der Waals surface area contributed by atoms with Crippen molar-refractivity contribution in [3.05, 3.63) is 47.5 Å². The van der Waals surface area contributed by atoms with Crippen LogP contribution in [-0.2, 0) is 16.0 Å². The van der Waals surface area contributed by atoms with E-state index in [4.69, 9.17) is 5.21 Å². The van der Waals surface area contributed by atoms with Crippen LogP contribution in [0.5, 0.6) is 0 Å². The third-order valence-electron chi connectivity index (χ3n) is 4.52. The van der Waals surface area contributed by atoms with Gasteiger partial charge in [-0.1, -0.05) is 36.8 Å². The van der Waals surface area contributed by atoms with Gasteiger partial charge in [-0.05, 0) is 35.2 Å². The number of hydrogen-bond acceptors (Lipinski definition) is 4. The van der Waals surface area contributed by atoms with Gasteiger partial charge in [-0.25, -0.2) is 5.48 Å². The molecule has 0 aliphatic carbocycles. The van der Waals surface area contributed by atoms with Crippen molar-refractivity contribution in [3.63, 3.8) is 0 Å². The van der Waals surface area contributed by atoms with E-state index in [9.17, 15) is 14.4 Å². The third kappa shape index (κ3) is 3.53. The Balaban J connectivity index is 1.73. The molecule has 1 aliphatic heterocycles. The van der Waals surface area contributed by atoms with Crippen LogP contribution in [0.25, 0.3) is 10.8 Å². The predicted octanol–water partition coefficient (Wildman–Crippen LogP) is 2.43. The van der Waals surface area contributed by atoms with Gasteiger partial charge in [-0.3, -0.25) is 24.5 Å². The Morgan fingerprint density at radius 2 is 1.84 bits per heavy atom. The summed E-state index contributed by atoms with van der Waals surface area (Å²) in [4.78, 5) is 37.7. The monoisotopic (exact) mass is 340 g/mol. The molecule has 0 saturated heterocycles. The van der Waals surface area contributed by atoms with Gasteiger partial charge in [0.1, 0.15) is 0 Å². The molecule has 0 radical (unpaired) electrons. The van der Waals surface area contributed by atoms with Crippen LogP contribution < -0.4 is 5.48 Å². The van der Waals surface area contributed by atoms with E-state index in [1.54, 1.807) is 11.5 Å². The molecular formula is C19H20N2O4. The molecule has 0 fully saturated rings. The fourth-order valence-corrected chi connectivity index (χ4v) is 3.28. The average Bonchev–Trinajstić information content (AvgIpc) is 2.72. The Hall–Kier alpha value is -2.73. The number of benzene rings is 2. The van der Waals surface area contributed by atoms with Crippen molar-refractivity contribution in [2.24, 2.45) is 0 Å². The summed E-state index contributed by atoms with van der Waals surface area (Å²) in [5.41, 5.74) is 3.04. The molecule has 3 amide bonds. The van der Waals surface area contributed by atoms with Crippen LogP contribution in [0.4, 0.5) is 0 Å². The topological polar surface area (TPSA) is 86.7 Å². The molecule has 0 unspecified atom stereocenters. The van der Waals surface area contributed by atoms with Gasteiger partial charge in [0.25, 0.3) is 5.91 Å². The van der Waals surface area contributed by atoms with Gasteiger partial charge in [0, 0.05) is 18.5 Å². The molecule has 2 aromatic carbocycles. The van der Waals surface area contributed by atoms with Crippen LogP contribution in [-0.4, -0.2) is 34.4 Å². The zero-order valence-corrected chi connectivity index (χ0v) is 13.8. The lowest BCUT2D eigenvalue weighted by Gasteiger charge is -2.19. The average molecular weight is 340 g/mol. The number of hydrogen-bond donors (Lipinski definition) is 2. The van der Waals surface area contributed by atoms with Crippen molar-refractivity contribution in [2.45, 2.75) is 32.1 Å². The van der Waals surface area contributed by atoms with E-state index in [1.807, 2.05) is 30.3 Å². The quantitative estimate of drug-likeness (QED) is 0.366. The molecule has 25 heavy (non-hydrogen) atoms. The van der Waals surface area contributed by atoms with Crippen molar-refractivity contribution in [3.8, 4) is 0 Å². The zero-order chi connectivity index (χ0) is 17.8. The van der Waals surface area contributed by atoms with Crippen molar-refractivity contribution >= 4 is 28.5 Å². The highest BCUT2D eigenvalue weighted by Gasteiger charge is 2.28. The van der Waals surface area contributed by atoms with E-state index >= 15 is 0 Å². The molecule has 6 heteroatoms. The molecule has 2 aromatic rings. The number of rotatable bonds is 6. The fourth-order valence-electron chi connectivity index (χ4n) is 3.28. The van der Waals surface area contributed by atoms with Crippen molar-refractivity contribution in [1.29, 1.82) is 0 Å². The van der Waals surface area contributed by atoms with E-state index in [0.29, 0.717) is 31.4 Å². The van der Waals surface area contributed by atoms with Crippen LogP contribution in [0.3, 0.4) is 0 Å². The molecule has 0 atom stereocenters. The maximum atomic E-state index is 12.9. The molecule has 0 bridgehead atoms. The Kier molecular flexibility index (Phi) is 5.09. The minimum absolute atomic E-state index is 0.193. The summed E-state index contributed by atoms with van der Waals surface area (Å²) in [5, 5.41) is 10.3. The lowest BCUT2D eigenvalue weighted by molar-refractivity contribution is -0.129. The minimum Gasteiger partial charge on any atom is -0.289 e. The smallest absolute Gasteiger partial charge is 0.261 e. The lowest BCUT2D eigenvalue weighted by atomic mass is 9.98. The number of nitrogens with zero attached hydrogens (tertiary/aromatic N) is 1. The summed E-state index contributed by atoms with van der Waals surface area (Å²) in [7, 11) is 0. The Morgan fingerprint density at radius 3 is 2.60 bits per heavy atom. The number of nitrogens with one attached hydrogen (secondary N) is 1. The molecule has 1 aliphatic rings. The van der Waals surface area contributed by atoms with Gasteiger partial charge >= 0.3 is 0 Å². The Morgan fingerprint density at radius 1 is 1.08 bits per heavy atom. The van der Waals surface area contributed by atoms with Crippen LogP contribution in [0.2, 0.25) is 0 Å². The number of amides is 3. The Labute approximate surface area is 145 Å². The standard InChI is InChI=1S/C19H20N2O4/c22-16(20-25)10-2-1-3-11-21-17(23)12-14-8-4-6-13-7-5-9-15(18(13)14)19(21)24/h4-9,25H,1-3,10-12H2,(H,20,22). The third-order valence-corrected chi connectivity index (χ3v) is 4.52. The van der Waals surface area contributed by atoms with E-state index in [2.05, 4.69) is 0 Å². The van der Waals surface area contributed by atoms with Crippen LogP contribution >= 0.6 is 0 Å². The molecule has 0 saturated carbocycles. The van der Waals surface area contributed by atoms with Gasteiger partial charge in [0.2, 0.25) is 11.8 Å². The molecule has 2 N–H and O–H groups in total. The summed E-state index contributed by atoms with van der Waals surface area (Å²) in [6.45, 7) is 0.336. The first kappa shape index (κ1) is 17.1. The maximum Gasteiger partial charge on any atom is 0.261 e. The number of hydroxylamine groups is 1. The van der Waals surface area contributed by atoms with Crippen molar-refractivity contribution < 1.29 is 19.6 Å². The molecule has 1 heterocycles. The highest BCUT2D eigenvalue weighted by Crippen LogP contribution is 2.28. The highest BCUT2D eigenvalue weighted by molar-refractivity contribution is 6.16. The fraction of sp³-hybridized carbons (Fsp3) is 0.316. The SMILES string of the molecule is O=C(CCCCCN1C(=O)Cc2cccc3cccc(c23)C1=O)NO. The first-order valence-corrected chi connectivity index (χ1v) is 8.40. The Bertz CT molecular complexity index is 826. The van der Waals surface area contributed by atoms with Gasteiger partial charge in [0.05, 0.1) is 6.42 Å². The van der Waals surface area contributed by atoms with E-state index < -0.39 is 5.91 Å². The highest BCUT2D eigenvalue weighted by atomic mass is 16.5. The van der Waals surface area contributed by atoms with Gasteiger partial charge in [0.15, 0.2) is 0 Å². The largest absolute Gasteiger partial charge is 0.289 e. The van der Waals surface area contributed by atoms with E-state index in [-0.39, 0.29) is 24.7 Å². The van der Waals surface area contributed by atoms with Gasteiger partial charge in [-0.15, -0.1) is 0 Å². The van der Waals surface area contributed by atoms with Crippen LogP contribution in [0.15, 0.2) is 36.4 Å². The van der Waals surface area contributed by atoms with Crippen molar-refractivity contribution in [2.75, 3.05) is 6.54 Å². The first-order chi connectivity index (χ1) is 12.1. The summed E-state index contributed by atoms with van der Waals surface area (Å²) in [6, 6.07) is 11.3. The van der Waals surface area contributed by atoms with E-state index in [1.165, 1.54) is 4.90 Å². The van der Waals surface area contributed by atoms with Crippen LogP contribution in [0.1, 0.15) is 41.6 Å². The van der Waals surface area contributed by atoms with Crippen LogP contribution in [0, 0.1) is 0 Å².